The molecule has 0 saturated heterocycles. The van der Waals surface area contributed by atoms with Gasteiger partial charge in [0.2, 0.25) is 0 Å². The molecular formula is C12H10F4O. The van der Waals surface area contributed by atoms with Crippen LogP contribution >= 0.6 is 0 Å². The van der Waals surface area contributed by atoms with Crippen molar-refractivity contribution in [1.82, 2.24) is 0 Å². The predicted octanol–water partition coefficient (Wildman–Crippen LogP) is 2.97. The molecule has 1 aromatic rings. The zero-order chi connectivity index (χ0) is 13.3. The summed E-state index contributed by atoms with van der Waals surface area (Å²) in [6.45, 7) is 2.83. The summed E-state index contributed by atoms with van der Waals surface area (Å²) in [5, 5.41) is 9.28. The first-order valence-electron chi connectivity index (χ1n) is 4.72. The van der Waals surface area contributed by atoms with Crippen molar-refractivity contribution in [3.63, 3.8) is 0 Å². The van der Waals surface area contributed by atoms with Crippen LogP contribution in [0.3, 0.4) is 0 Å². The average Bonchev–Trinajstić information content (AvgIpc) is 2.11. The van der Waals surface area contributed by atoms with E-state index in [4.69, 9.17) is 0 Å². The predicted molar refractivity (Wildman–Crippen MR) is 54.6 cm³/mol. The van der Waals surface area contributed by atoms with E-state index in [0.29, 0.717) is 12.1 Å². The van der Waals surface area contributed by atoms with E-state index >= 15 is 0 Å². The van der Waals surface area contributed by atoms with Crippen molar-refractivity contribution >= 4 is 0 Å². The van der Waals surface area contributed by atoms with Gasteiger partial charge < -0.3 is 5.11 Å². The first-order valence-corrected chi connectivity index (χ1v) is 4.72. The minimum Gasteiger partial charge on any atom is -0.378 e. The van der Waals surface area contributed by atoms with E-state index in [9.17, 15) is 22.7 Å². The molecule has 1 N–H and O–H groups in total. The highest BCUT2D eigenvalue weighted by atomic mass is 19.4. The van der Waals surface area contributed by atoms with E-state index in [1.165, 1.54) is 13.8 Å². The lowest BCUT2D eigenvalue weighted by molar-refractivity contribution is -0.140. The summed E-state index contributed by atoms with van der Waals surface area (Å²) in [5.74, 6) is 3.40. The number of hydrogen-bond acceptors (Lipinski definition) is 1. The maximum absolute atomic E-state index is 13.1. The van der Waals surface area contributed by atoms with Crippen molar-refractivity contribution < 1.29 is 22.7 Å². The Morgan fingerprint density at radius 1 is 1.18 bits per heavy atom. The van der Waals surface area contributed by atoms with E-state index in [0.717, 1.165) is 6.07 Å². The van der Waals surface area contributed by atoms with E-state index in [1.54, 1.807) is 0 Å². The third-order valence-corrected chi connectivity index (χ3v) is 1.79. The summed E-state index contributed by atoms with van der Waals surface area (Å²) < 4.78 is 49.8. The van der Waals surface area contributed by atoms with Gasteiger partial charge in [-0.25, -0.2) is 4.39 Å². The van der Waals surface area contributed by atoms with Crippen LogP contribution in [0.1, 0.15) is 25.0 Å². The van der Waals surface area contributed by atoms with Gasteiger partial charge in [0.1, 0.15) is 11.4 Å². The van der Waals surface area contributed by atoms with E-state index in [2.05, 4.69) is 11.8 Å². The van der Waals surface area contributed by atoms with Crippen LogP contribution in [0.25, 0.3) is 0 Å². The van der Waals surface area contributed by atoms with Crippen molar-refractivity contribution in [3.05, 3.63) is 35.1 Å². The van der Waals surface area contributed by atoms with Crippen LogP contribution in [-0.2, 0) is 6.18 Å². The van der Waals surface area contributed by atoms with E-state index in [1.807, 2.05) is 0 Å². The standard InChI is InChI=1S/C12H10F4O/c1-11(2,17)6-5-8-3-4-9(10(13)7-8)12(14,15)16/h3-4,7,17H,1-2H3. The maximum atomic E-state index is 13.1. The fraction of sp³-hybridized carbons (Fsp3) is 0.333. The van der Waals surface area contributed by atoms with Gasteiger partial charge in [0.15, 0.2) is 0 Å². The molecule has 0 aliphatic heterocycles. The van der Waals surface area contributed by atoms with Crippen LogP contribution in [0, 0.1) is 17.7 Å². The monoisotopic (exact) mass is 246 g/mol. The molecule has 0 atom stereocenters. The van der Waals surface area contributed by atoms with Gasteiger partial charge in [0.05, 0.1) is 5.56 Å². The second-order valence-electron chi connectivity index (χ2n) is 4.00. The minimum atomic E-state index is -4.72. The third kappa shape index (κ3) is 4.08. The summed E-state index contributed by atoms with van der Waals surface area (Å²) in [5.41, 5.74) is -2.52. The number of aliphatic hydroxyl groups is 1. The Labute approximate surface area is 96.1 Å². The van der Waals surface area contributed by atoms with Gasteiger partial charge in [0.25, 0.3) is 0 Å². The van der Waals surface area contributed by atoms with E-state index in [-0.39, 0.29) is 5.56 Å². The van der Waals surface area contributed by atoms with Crippen LogP contribution in [-0.4, -0.2) is 10.7 Å². The SMILES string of the molecule is CC(C)(O)C#Cc1ccc(C(F)(F)F)c(F)c1. The van der Waals surface area contributed by atoms with Crippen molar-refractivity contribution in [1.29, 1.82) is 0 Å². The second kappa shape index (κ2) is 4.38. The largest absolute Gasteiger partial charge is 0.419 e. The molecule has 0 aromatic heterocycles. The van der Waals surface area contributed by atoms with Crippen molar-refractivity contribution in [2.75, 3.05) is 0 Å². The molecule has 0 aliphatic rings. The summed E-state index contributed by atoms with van der Waals surface area (Å²) in [4.78, 5) is 0. The Bertz CT molecular complexity index is 472. The van der Waals surface area contributed by atoms with E-state index < -0.39 is 23.2 Å². The third-order valence-electron chi connectivity index (χ3n) is 1.79. The van der Waals surface area contributed by atoms with Gasteiger partial charge in [-0.05, 0) is 32.0 Å². The maximum Gasteiger partial charge on any atom is 0.419 e. The van der Waals surface area contributed by atoms with Gasteiger partial charge in [0, 0.05) is 5.56 Å². The van der Waals surface area contributed by atoms with Crippen LogP contribution in [0.4, 0.5) is 17.6 Å². The highest BCUT2D eigenvalue weighted by Gasteiger charge is 2.33. The summed E-state index contributed by atoms with van der Waals surface area (Å²) in [7, 11) is 0. The molecular weight excluding hydrogens is 236 g/mol. The lowest BCUT2D eigenvalue weighted by Crippen LogP contribution is -2.14. The highest BCUT2D eigenvalue weighted by Crippen LogP contribution is 2.31. The number of rotatable bonds is 0. The lowest BCUT2D eigenvalue weighted by Gasteiger charge is -2.08. The quantitative estimate of drug-likeness (QED) is 0.551. The summed E-state index contributed by atoms with van der Waals surface area (Å²) in [6.07, 6.45) is -4.72. The molecule has 0 saturated carbocycles. The zero-order valence-electron chi connectivity index (χ0n) is 9.19. The minimum absolute atomic E-state index is 0.0811. The van der Waals surface area contributed by atoms with Crippen LogP contribution in [0.5, 0.6) is 0 Å². The Morgan fingerprint density at radius 3 is 2.18 bits per heavy atom. The van der Waals surface area contributed by atoms with Gasteiger partial charge in [-0.2, -0.15) is 13.2 Å². The number of hydrogen-bond donors (Lipinski definition) is 1. The zero-order valence-corrected chi connectivity index (χ0v) is 9.19. The molecule has 0 spiro atoms. The fourth-order valence-corrected chi connectivity index (χ4v) is 1.05. The Morgan fingerprint density at radius 2 is 1.76 bits per heavy atom. The van der Waals surface area contributed by atoms with Crippen molar-refractivity contribution in [3.8, 4) is 11.8 Å². The Balaban J connectivity index is 3.09. The van der Waals surface area contributed by atoms with Crippen LogP contribution < -0.4 is 0 Å². The molecule has 17 heavy (non-hydrogen) atoms. The molecule has 0 radical (unpaired) electrons. The van der Waals surface area contributed by atoms with Crippen LogP contribution in [0.2, 0.25) is 0 Å². The van der Waals surface area contributed by atoms with Crippen molar-refractivity contribution in [2.45, 2.75) is 25.6 Å². The summed E-state index contributed by atoms with van der Waals surface area (Å²) >= 11 is 0. The van der Waals surface area contributed by atoms with Crippen molar-refractivity contribution in [2.24, 2.45) is 0 Å². The first-order chi connectivity index (χ1) is 7.59. The molecule has 0 fully saturated rings. The topological polar surface area (TPSA) is 20.2 Å². The van der Waals surface area contributed by atoms with Crippen LogP contribution in [0.15, 0.2) is 18.2 Å². The number of alkyl halides is 3. The average molecular weight is 246 g/mol. The Hall–Kier alpha value is -1.54. The fourth-order valence-electron chi connectivity index (χ4n) is 1.05. The Kier molecular flexibility index (Phi) is 3.48. The molecule has 1 nitrogen and oxygen atoms in total. The highest BCUT2D eigenvalue weighted by molar-refractivity contribution is 5.39. The molecule has 5 heteroatoms. The number of benzene rings is 1. The van der Waals surface area contributed by atoms with Gasteiger partial charge in [-0.15, -0.1) is 0 Å². The molecule has 0 aliphatic carbocycles. The molecule has 0 amide bonds. The molecule has 92 valence electrons. The number of halogens is 4. The van der Waals surface area contributed by atoms with Gasteiger partial charge in [-0.3, -0.25) is 0 Å². The molecule has 0 bridgehead atoms. The first kappa shape index (κ1) is 13.5. The second-order valence-corrected chi connectivity index (χ2v) is 4.00. The van der Waals surface area contributed by atoms with Gasteiger partial charge in [-0.1, -0.05) is 11.8 Å². The molecule has 0 unspecified atom stereocenters. The normalized spacial score (nSPS) is 11.9. The smallest absolute Gasteiger partial charge is 0.378 e. The molecule has 0 heterocycles. The van der Waals surface area contributed by atoms with Gasteiger partial charge >= 0.3 is 6.18 Å². The molecule has 1 rings (SSSR count). The summed E-state index contributed by atoms with van der Waals surface area (Å²) in [6, 6.07) is 2.38. The molecule has 1 aromatic carbocycles. The lowest BCUT2D eigenvalue weighted by atomic mass is 10.1.